The van der Waals surface area contributed by atoms with Gasteiger partial charge in [-0.05, 0) is 153 Å². The first kappa shape index (κ1) is 49.5. The first-order valence-corrected chi connectivity index (χ1v) is 25.7. The van der Waals surface area contributed by atoms with Crippen molar-refractivity contribution < 1.29 is 28.7 Å². The van der Waals surface area contributed by atoms with Gasteiger partial charge in [-0.3, -0.25) is 19.2 Å². The lowest BCUT2D eigenvalue weighted by molar-refractivity contribution is 0.0877. The summed E-state index contributed by atoms with van der Waals surface area (Å²) in [6.07, 6.45) is 13.3. The molecule has 0 radical (unpaired) electrons. The number of terminal acetylenes is 2. The van der Waals surface area contributed by atoms with Crippen LogP contribution in [0.2, 0.25) is 0 Å². The Labute approximate surface area is 444 Å². The highest BCUT2D eigenvalue weighted by atomic mass is 16.5. The van der Waals surface area contributed by atoms with Crippen LogP contribution in [0.5, 0.6) is 23.0 Å². The summed E-state index contributed by atoms with van der Waals surface area (Å²) in [6.45, 7) is 22.4. The molecular weight excluding hydrogens is 941 g/mol. The number of hydrogen-bond acceptors (Lipinski definition) is 6. The molecule has 0 fully saturated rings. The maximum Gasteiger partial charge on any atom is 0.266 e. The quantitative estimate of drug-likeness (QED) is 0.0586. The van der Waals surface area contributed by atoms with Crippen molar-refractivity contribution in [2.45, 2.75) is 92.9 Å². The number of rotatable bonds is 10. The van der Waals surface area contributed by atoms with Gasteiger partial charge in [-0.25, -0.2) is 9.80 Å². The normalized spacial score (nSPS) is 14.1. The van der Waals surface area contributed by atoms with Crippen molar-refractivity contribution in [2.24, 2.45) is 10.8 Å². The van der Waals surface area contributed by atoms with E-state index in [-0.39, 0.29) is 32.8 Å². The molecule has 2 aliphatic rings. The molecule has 76 heavy (non-hydrogen) atoms. The number of hydrogen-bond donors (Lipinski definition) is 0. The fourth-order valence-corrected chi connectivity index (χ4v) is 12.5. The van der Waals surface area contributed by atoms with Gasteiger partial charge in [-0.15, -0.1) is 12.8 Å². The average Bonchev–Trinajstić information content (AvgIpc) is 3.54. The number of nitrogens with zero attached hydrogens (tertiary/aromatic N) is 2. The number of benzene rings is 9. The third kappa shape index (κ3) is 8.21. The van der Waals surface area contributed by atoms with Gasteiger partial charge in [0.2, 0.25) is 0 Å². The van der Waals surface area contributed by atoms with Crippen LogP contribution in [-0.4, -0.2) is 23.6 Å². The van der Waals surface area contributed by atoms with Crippen molar-refractivity contribution in [1.82, 2.24) is 0 Å². The standard InChI is InChI=1S/C68H58N2O6/c1-13-39-15-23-43(24-16-39)69-61(71)49-33-31-47-58-54(76-46-29-21-42(22-30-46)68(11,12)38-66(6,7)8)36-52-56-50(62(72)70(64(52)74)44-25-17-40(14-2)18-26-44)34-32-48(60(56)58)57-53(35-51(63(69)73)55(49)59(47)57)75-45-27-19-41(20-28-45)67(9,10)37-65(3,4)5/h1-2,15-36H,37-38H2,3-12H3. The zero-order valence-electron chi connectivity index (χ0n) is 44.6. The Morgan fingerprint density at radius 2 is 0.724 bits per heavy atom. The zero-order valence-corrected chi connectivity index (χ0v) is 44.6. The second-order valence-electron chi connectivity index (χ2n) is 24.2. The van der Waals surface area contributed by atoms with Gasteiger partial charge in [0.05, 0.1) is 22.5 Å². The molecule has 8 heteroatoms. The number of carbonyl (C=O) groups excluding carboxylic acids is 4. The van der Waals surface area contributed by atoms with E-state index < -0.39 is 23.6 Å². The van der Waals surface area contributed by atoms with Crippen molar-refractivity contribution >= 4 is 78.1 Å². The third-order valence-electron chi connectivity index (χ3n) is 15.0. The molecule has 0 N–H and O–H groups in total. The molecule has 2 heterocycles. The number of ether oxygens (including phenoxy) is 2. The van der Waals surface area contributed by atoms with E-state index in [4.69, 9.17) is 22.3 Å². The average molecular weight is 999 g/mol. The van der Waals surface area contributed by atoms with Gasteiger partial charge in [0.25, 0.3) is 23.6 Å². The predicted molar refractivity (Wildman–Crippen MR) is 306 cm³/mol. The van der Waals surface area contributed by atoms with Crippen LogP contribution in [0.4, 0.5) is 11.4 Å². The van der Waals surface area contributed by atoms with E-state index in [0.29, 0.717) is 99.7 Å². The second kappa shape index (κ2) is 17.4. The maximum atomic E-state index is 15.2. The third-order valence-corrected chi connectivity index (χ3v) is 15.0. The number of anilines is 2. The summed E-state index contributed by atoms with van der Waals surface area (Å²) in [6, 6.07) is 40.3. The summed E-state index contributed by atoms with van der Waals surface area (Å²) in [5.74, 6) is 4.90. The largest absolute Gasteiger partial charge is 0.457 e. The van der Waals surface area contributed by atoms with E-state index in [0.717, 1.165) is 24.0 Å². The predicted octanol–water partition coefficient (Wildman–Crippen LogP) is 16.3. The molecule has 0 atom stereocenters. The molecule has 0 aromatic heterocycles. The summed E-state index contributed by atoms with van der Waals surface area (Å²) in [5, 5.41) is 4.56. The highest BCUT2D eigenvalue weighted by Gasteiger charge is 2.40. The van der Waals surface area contributed by atoms with Gasteiger partial charge in [0.1, 0.15) is 23.0 Å². The van der Waals surface area contributed by atoms with Crippen LogP contribution in [0.15, 0.2) is 133 Å². The first-order valence-electron chi connectivity index (χ1n) is 25.7. The fraction of sp³-hybridized carbons (Fsp3) is 0.235. The monoisotopic (exact) mass is 998 g/mol. The SMILES string of the molecule is C#Cc1ccc(N2C(=O)c3ccc4c5c(Oc6ccc(C(C)(C)CC(C)(C)C)cc6)cc6c7c(ccc(c8c(Oc9ccc(C(C)(C)CC(C)(C)C)cc9)cc(c3c48)C2=O)c75)C(=O)N(c2ccc(C#C)cc2)C6=O)cc1. The molecule has 0 unspecified atom stereocenters. The van der Waals surface area contributed by atoms with Gasteiger partial charge >= 0.3 is 0 Å². The lowest BCUT2D eigenvalue weighted by Crippen LogP contribution is -2.40. The van der Waals surface area contributed by atoms with Crippen LogP contribution in [0.3, 0.4) is 0 Å². The fourth-order valence-electron chi connectivity index (χ4n) is 12.5. The van der Waals surface area contributed by atoms with Crippen LogP contribution in [0.1, 0.15) is 146 Å². The molecule has 0 aliphatic carbocycles. The highest BCUT2D eigenvalue weighted by Crippen LogP contribution is 2.54. The van der Waals surface area contributed by atoms with Gasteiger partial charge in [-0.2, -0.15) is 0 Å². The topological polar surface area (TPSA) is 93.2 Å². The summed E-state index contributed by atoms with van der Waals surface area (Å²) < 4.78 is 14.1. The van der Waals surface area contributed by atoms with E-state index >= 15 is 9.59 Å². The van der Waals surface area contributed by atoms with Gasteiger partial charge < -0.3 is 9.47 Å². The van der Waals surface area contributed by atoms with Crippen LogP contribution in [-0.2, 0) is 10.8 Å². The number of carbonyl (C=O) groups is 4. The molecule has 0 spiro atoms. The molecule has 9 aromatic rings. The van der Waals surface area contributed by atoms with Crippen molar-refractivity contribution in [1.29, 1.82) is 0 Å². The molecule has 4 amide bonds. The van der Waals surface area contributed by atoms with Crippen molar-refractivity contribution in [3.05, 3.63) is 178 Å². The second-order valence-corrected chi connectivity index (χ2v) is 24.2. The van der Waals surface area contributed by atoms with Crippen LogP contribution >= 0.6 is 0 Å². The van der Waals surface area contributed by atoms with Crippen LogP contribution in [0, 0.1) is 35.5 Å². The van der Waals surface area contributed by atoms with E-state index in [9.17, 15) is 9.59 Å². The van der Waals surface area contributed by atoms with Crippen molar-refractivity contribution in [2.75, 3.05) is 9.80 Å². The molecule has 11 rings (SSSR count). The van der Waals surface area contributed by atoms with E-state index in [1.165, 1.54) is 9.80 Å². The molecule has 0 bridgehead atoms. The molecule has 0 saturated carbocycles. The van der Waals surface area contributed by atoms with Gasteiger partial charge in [0.15, 0.2) is 0 Å². The van der Waals surface area contributed by atoms with E-state index in [2.05, 4.69) is 105 Å². The molecule has 376 valence electrons. The number of amides is 4. The summed E-state index contributed by atoms with van der Waals surface area (Å²) in [7, 11) is 0. The van der Waals surface area contributed by atoms with Crippen LogP contribution in [0.25, 0.3) is 43.1 Å². The summed E-state index contributed by atoms with van der Waals surface area (Å²) in [4.78, 5) is 62.5. The Bertz CT molecular complexity index is 3760. The Hall–Kier alpha value is -8.72. The smallest absolute Gasteiger partial charge is 0.266 e. The van der Waals surface area contributed by atoms with E-state index in [1.54, 1.807) is 72.8 Å². The van der Waals surface area contributed by atoms with E-state index in [1.807, 2.05) is 36.4 Å². The molecular formula is C68H58N2O6. The molecule has 2 aliphatic heterocycles. The Morgan fingerprint density at radius 1 is 0.395 bits per heavy atom. The lowest BCUT2D eigenvalue weighted by atomic mass is 9.72. The number of fused-ring (bicyclic) bond motifs is 2. The molecule has 9 aromatic carbocycles. The molecule has 8 nitrogen and oxygen atoms in total. The number of imide groups is 2. The highest BCUT2D eigenvalue weighted by molar-refractivity contribution is 6.46. The minimum absolute atomic E-state index is 0.0903. The van der Waals surface area contributed by atoms with Crippen molar-refractivity contribution in [3.63, 3.8) is 0 Å². The minimum Gasteiger partial charge on any atom is -0.457 e. The van der Waals surface area contributed by atoms with Crippen molar-refractivity contribution in [3.8, 4) is 47.7 Å². The lowest BCUT2D eigenvalue weighted by Gasteiger charge is -2.33. The maximum absolute atomic E-state index is 15.2. The van der Waals surface area contributed by atoms with Crippen LogP contribution < -0.4 is 19.3 Å². The minimum atomic E-state index is -0.535. The Kier molecular flexibility index (Phi) is 11.4. The molecule has 0 saturated heterocycles. The van der Waals surface area contributed by atoms with Gasteiger partial charge in [-0.1, -0.05) is 117 Å². The summed E-state index contributed by atoms with van der Waals surface area (Å²) >= 11 is 0. The summed E-state index contributed by atoms with van der Waals surface area (Å²) in [5.41, 5.74) is 5.30. The Morgan fingerprint density at radius 3 is 1.04 bits per heavy atom. The first-order chi connectivity index (χ1) is 36.0. The zero-order chi connectivity index (χ0) is 54.0. The Balaban J connectivity index is 1.19. The van der Waals surface area contributed by atoms with Gasteiger partial charge in [0, 0.05) is 54.6 Å².